The summed E-state index contributed by atoms with van der Waals surface area (Å²) in [5, 5.41) is 11.9. The van der Waals surface area contributed by atoms with E-state index >= 15 is 0 Å². The summed E-state index contributed by atoms with van der Waals surface area (Å²) in [5.74, 6) is -2.29. The molecular weight excluding hydrogens is 339 g/mol. The minimum absolute atomic E-state index is 0.00591. The molecule has 1 saturated heterocycles. The molecule has 2 N–H and O–H groups in total. The molecule has 0 aromatic heterocycles. The molecule has 26 heavy (non-hydrogen) atoms. The van der Waals surface area contributed by atoms with Gasteiger partial charge in [0, 0.05) is 19.0 Å². The first-order chi connectivity index (χ1) is 12.4. The Bertz CT molecular complexity index is 685. The van der Waals surface area contributed by atoms with Crippen LogP contribution < -0.4 is 5.32 Å². The van der Waals surface area contributed by atoms with Crippen LogP contribution in [0.5, 0.6) is 0 Å². The van der Waals surface area contributed by atoms with Gasteiger partial charge >= 0.3 is 5.97 Å². The maximum absolute atomic E-state index is 13.1. The molecule has 2 aliphatic rings. The smallest absolute Gasteiger partial charge is 0.305 e. The zero-order chi connectivity index (χ0) is 18.7. The standard InChI is InChI=1S/C19H23FN2O4/c20-14-7-5-12(6-8-14)16(10-18(24)25)21-19(26)13-9-17(23)22(11-13)15-3-1-2-4-15/h5-8,13,15-16H,1-4,9-11H2,(H,21,26)(H,24,25)/t13-,16+/m0/s1. The highest BCUT2D eigenvalue weighted by atomic mass is 19.1. The Labute approximate surface area is 151 Å². The molecule has 1 aliphatic heterocycles. The molecule has 2 fully saturated rings. The quantitative estimate of drug-likeness (QED) is 0.813. The number of nitrogens with one attached hydrogen (secondary N) is 1. The van der Waals surface area contributed by atoms with E-state index in [2.05, 4.69) is 5.32 Å². The number of hydrogen-bond donors (Lipinski definition) is 2. The predicted octanol–water partition coefficient (Wildman–Crippen LogP) is 2.25. The van der Waals surface area contributed by atoms with Crippen LogP contribution in [-0.4, -0.2) is 40.4 Å². The molecule has 1 aromatic rings. The summed E-state index contributed by atoms with van der Waals surface area (Å²) < 4.78 is 13.1. The second kappa shape index (κ2) is 7.85. The van der Waals surface area contributed by atoms with Crippen molar-refractivity contribution in [2.45, 2.75) is 50.6 Å². The van der Waals surface area contributed by atoms with E-state index in [1.165, 1.54) is 24.3 Å². The fourth-order valence-corrected chi connectivity index (χ4v) is 3.89. The minimum Gasteiger partial charge on any atom is -0.481 e. The van der Waals surface area contributed by atoms with Gasteiger partial charge in [-0.15, -0.1) is 0 Å². The van der Waals surface area contributed by atoms with Gasteiger partial charge in [0.1, 0.15) is 5.82 Å². The predicted molar refractivity (Wildman–Crippen MR) is 91.6 cm³/mol. The average molecular weight is 362 g/mol. The summed E-state index contributed by atoms with van der Waals surface area (Å²) in [6.07, 6.45) is 4.04. The lowest BCUT2D eigenvalue weighted by Gasteiger charge is -2.24. The van der Waals surface area contributed by atoms with Gasteiger partial charge in [-0.05, 0) is 30.5 Å². The maximum atomic E-state index is 13.1. The molecule has 1 heterocycles. The van der Waals surface area contributed by atoms with Gasteiger partial charge in [0.05, 0.1) is 18.4 Å². The largest absolute Gasteiger partial charge is 0.481 e. The van der Waals surface area contributed by atoms with E-state index in [4.69, 9.17) is 5.11 Å². The molecule has 0 unspecified atom stereocenters. The second-order valence-corrected chi connectivity index (χ2v) is 7.10. The molecule has 6 nitrogen and oxygen atoms in total. The van der Waals surface area contributed by atoms with Crippen molar-refractivity contribution in [1.29, 1.82) is 0 Å². The lowest BCUT2D eigenvalue weighted by atomic mass is 10.0. The van der Waals surface area contributed by atoms with E-state index in [0.29, 0.717) is 12.1 Å². The Morgan fingerprint density at radius 1 is 1.23 bits per heavy atom. The van der Waals surface area contributed by atoms with Gasteiger partial charge in [-0.1, -0.05) is 25.0 Å². The van der Waals surface area contributed by atoms with Gasteiger partial charge in [0.15, 0.2) is 0 Å². The topological polar surface area (TPSA) is 86.7 Å². The number of rotatable bonds is 6. The highest BCUT2D eigenvalue weighted by molar-refractivity contribution is 5.89. The highest BCUT2D eigenvalue weighted by Gasteiger charge is 2.39. The molecule has 7 heteroatoms. The maximum Gasteiger partial charge on any atom is 0.305 e. The van der Waals surface area contributed by atoms with E-state index in [-0.39, 0.29) is 30.7 Å². The van der Waals surface area contributed by atoms with Crippen molar-refractivity contribution in [2.24, 2.45) is 5.92 Å². The first-order valence-corrected chi connectivity index (χ1v) is 9.01. The Hall–Kier alpha value is -2.44. The molecule has 2 amide bonds. The van der Waals surface area contributed by atoms with Crippen LogP contribution in [0.3, 0.4) is 0 Å². The summed E-state index contributed by atoms with van der Waals surface area (Å²) in [5.41, 5.74) is 0.527. The molecule has 0 spiro atoms. The first-order valence-electron chi connectivity index (χ1n) is 9.01. The lowest BCUT2D eigenvalue weighted by Crippen LogP contribution is -2.38. The monoisotopic (exact) mass is 362 g/mol. The Kier molecular flexibility index (Phi) is 5.54. The summed E-state index contributed by atoms with van der Waals surface area (Å²) in [4.78, 5) is 37.8. The van der Waals surface area contributed by atoms with E-state index in [0.717, 1.165) is 25.7 Å². The number of benzene rings is 1. The van der Waals surface area contributed by atoms with Crippen molar-refractivity contribution in [3.63, 3.8) is 0 Å². The minimum atomic E-state index is -1.06. The van der Waals surface area contributed by atoms with Crippen LogP contribution in [0.4, 0.5) is 4.39 Å². The third-order valence-electron chi connectivity index (χ3n) is 5.26. The van der Waals surface area contributed by atoms with E-state index in [1.54, 1.807) is 4.90 Å². The van der Waals surface area contributed by atoms with Crippen molar-refractivity contribution in [2.75, 3.05) is 6.54 Å². The molecule has 3 rings (SSSR count). The normalized spacial score (nSPS) is 21.8. The number of hydrogen-bond acceptors (Lipinski definition) is 3. The number of carboxylic acids is 1. The number of aliphatic carboxylic acids is 1. The van der Waals surface area contributed by atoms with Crippen molar-refractivity contribution in [3.05, 3.63) is 35.6 Å². The SMILES string of the molecule is O=C(O)C[C@@H](NC(=O)[C@H]1CC(=O)N(C2CCCC2)C1)c1ccc(F)cc1. The number of amides is 2. The van der Waals surface area contributed by atoms with E-state index in [9.17, 15) is 18.8 Å². The van der Waals surface area contributed by atoms with Crippen LogP contribution in [0.1, 0.15) is 50.1 Å². The van der Waals surface area contributed by atoms with Crippen LogP contribution in [0.15, 0.2) is 24.3 Å². The van der Waals surface area contributed by atoms with Crippen LogP contribution in [-0.2, 0) is 14.4 Å². The molecule has 2 atom stereocenters. The number of halogens is 1. The third-order valence-corrected chi connectivity index (χ3v) is 5.26. The molecule has 1 aromatic carbocycles. The summed E-state index contributed by atoms with van der Waals surface area (Å²) >= 11 is 0. The fourth-order valence-electron chi connectivity index (χ4n) is 3.89. The van der Waals surface area contributed by atoms with Gasteiger partial charge in [-0.3, -0.25) is 14.4 Å². The lowest BCUT2D eigenvalue weighted by molar-refractivity contribution is -0.138. The van der Waals surface area contributed by atoms with E-state index < -0.39 is 23.7 Å². The summed E-state index contributed by atoms with van der Waals surface area (Å²) in [7, 11) is 0. The second-order valence-electron chi connectivity index (χ2n) is 7.10. The van der Waals surface area contributed by atoms with Crippen LogP contribution in [0.25, 0.3) is 0 Å². The zero-order valence-electron chi connectivity index (χ0n) is 14.5. The molecule has 1 aliphatic carbocycles. The van der Waals surface area contributed by atoms with Crippen LogP contribution in [0, 0.1) is 11.7 Å². The average Bonchev–Trinajstić information content (AvgIpc) is 3.23. The first kappa shape index (κ1) is 18.4. The number of carbonyl (C=O) groups excluding carboxylic acids is 2. The molecule has 0 bridgehead atoms. The Balaban J connectivity index is 1.66. The highest BCUT2D eigenvalue weighted by Crippen LogP contribution is 2.30. The number of carbonyl (C=O) groups is 3. The van der Waals surface area contributed by atoms with Gasteiger partial charge < -0.3 is 15.3 Å². The van der Waals surface area contributed by atoms with Crippen molar-refractivity contribution in [1.82, 2.24) is 10.2 Å². The molecule has 140 valence electrons. The number of likely N-dealkylation sites (tertiary alicyclic amines) is 1. The Morgan fingerprint density at radius 2 is 1.88 bits per heavy atom. The number of nitrogens with zero attached hydrogens (tertiary/aromatic N) is 1. The van der Waals surface area contributed by atoms with Crippen molar-refractivity contribution >= 4 is 17.8 Å². The molecule has 0 radical (unpaired) electrons. The summed E-state index contributed by atoms with van der Waals surface area (Å²) in [6, 6.07) is 4.87. The van der Waals surface area contributed by atoms with Gasteiger partial charge in [0.2, 0.25) is 11.8 Å². The third kappa shape index (κ3) is 4.20. The van der Waals surface area contributed by atoms with Crippen molar-refractivity contribution < 1.29 is 23.9 Å². The van der Waals surface area contributed by atoms with Crippen molar-refractivity contribution in [3.8, 4) is 0 Å². The van der Waals surface area contributed by atoms with Gasteiger partial charge in [-0.2, -0.15) is 0 Å². The van der Waals surface area contributed by atoms with Crippen LogP contribution in [0.2, 0.25) is 0 Å². The number of carboxylic acid groups (broad SMARTS) is 1. The summed E-state index contributed by atoms with van der Waals surface area (Å²) in [6.45, 7) is 0.387. The van der Waals surface area contributed by atoms with Gasteiger partial charge in [-0.25, -0.2) is 4.39 Å². The van der Waals surface area contributed by atoms with Crippen LogP contribution >= 0.6 is 0 Å². The fraction of sp³-hybridized carbons (Fsp3) is 0.526. The zero-order valence-corrected chi connectivity index (χ0v) is 14.5. The molecular formula is C19H23FN2O4. The van der Waals surface area contributed by atoms with E-state index in [1.807, 2.05) is 0 Å². The molecule has 1 saturated carbocycles. The van der Waals surface area contributed by atoms with Gasteiger partial charge in [0.25, 0.3) is 0 Å². The Morgan fingerprint density at radius 3 is 2.50 bits per heavy atom.